The summed E-state index contributed by atoms with van der Waals surface area (Å²) >= 11 is 0. The van der Waals surface area contributed by atoms with Gasteiger partial charge in [0.2, 0.25) is 5.91 Å². The first-order chi connectivity index (χ1) is 17.2. The van der Waals surface area contributed by atoms with Crippen LogP contribution in [0.2, 0.25) is 18.1 Å². The van der Waals surface area contributed by atoms with Gasteiger partial charge in [0.05, 0.1) is 27.6 Å². The van der Waals surface area contributed by atoms with Crippen LogP contribution in [0.4, 0.5) is 0 Å². The zero-order chi connectivity index (χ0) is 27.3. The third-order valence-electron chi connectivity index (χ3n) is 8.25. The lowest BCUT2D eigenvalue weighted by molar-refractivity contribution is -0.172. The van der Waals surface area contributed by atoms with Crippen LogP contribution in [0.1, 0.15) is 58.8 Å². The number of ether oxygens (including phenoxy) is 1. The summed E-state index contributed by atoms with van der Waals surface area (Å²) in [5.41, 5.74) is 1.67. The molecule has 8 heteroatoms. The van der Waals surface area contributed by atoms with E-state index < -0.39 is 53.3 Å². The number of nitrogens with zero attached hydrogens (tertiary/aromatic N) is 1. The third-order valence-corrected chi connectivity index (χ3v) is 15.0. The summed E-state index contributed by atoms with van der Waals surface area (Å²) in [7, 11) is -3.60. The van der Waals surface area contributed by atoms with Crippen molar-refractivity contribution in [2.45, 2.75) is 88.0 Å². The molecular formula is C29H39NO5SSi. The van der Waals surface area contributed by atoms with E-state index in [4.69, 9.17) is 9.16 Å². The van der Waals surface area contributed by atoms with Crippen LogP contribution >= 0.6 is 0 Å². The maximum Gasteiger partial charge on any atom is 0.331 e. The van der Waals surface area contributed by atoms with Gasteiger partial charge in [-0.05, 0) is 50.0 Å². The Morgan fingerprint density at radius 2 is 1.49 bits per heavy atom. The Bertz CT molecular complexity index is 1140. The van der Waals surface area contributed by atoms with Crippen LogP contribution in [0, 0.1) is 5.92 Å². The average Bonchev–Trinajstić information content (AvgIpc) is 3.00. The Balaban J connectivity index is 1.60. The molecule has 0 spiro atoms. The summed E-state index contributed by atoms with van der Waals surface area (Å²) in [6.45, 7) is 16.2. The Kier molecular flexibility index (Phi) is 7.33. The van der Waals surface area contributed by atoms with Gasteiger partial charge in [-0.2, -0.15) is 0 Å². The molecule has 2 saturated heterocycles. The lowest BCUT2D eigenvalue weighted by atomic mass is 9.88. The van der Waals surface area contributed by atoms with Crippen LogP contribution in [0.25, 0.3) is 0 Å². The van der Waals surface area contributed by atoms with E-state index in [1.165, 1.54) is 4.90 Å². The number of β-lactam (4-membered cyclic amide) rings is 1. The van der Waals surface area contributed by atoms with E-state index in [9.17, 15) is 13.8 Å². The highest BCUT2D eigenvalue weighted by molar-refractivity contribution is 7.87. The lowest BCUT2D eigenvalue weighted by Crippen LogP contribution is -2.67. The summed E-state index contributed by atoms with van der Waals surface area (Å²) in [5, 5.41) is -0.579. The number of carbonyl (C=O) groups excluding carboxylic acids is 2. The number of esters is 1. The van der Waals surface area contributed by atoms with Crippen molar-refractivity contribution in [1.82, 2.24) is 4.90 Å². The number of amides is 1. The molecule has 0 aliphatic carbocycles. The van der Waals surface area contributed by atoms with E-state index in [0.29, 0.717) is 0 Å². The number of rotatable bonds is 7. The third kappa shape index (κ3) is 4.84. The van der Waals surface area contributed by atoms with Gasteiger partial charge in [-0.25, -0.2) is 4.79 Å². The van der Waals surface area contributed by atoms with E-state index in [0.717, 1.165) is 11.1 Å². The molecule has 0 radical (unpaired) electrons. The quantitative estimate of drug-likeness (QED) is 0.266. The molecule has 0 saturated carbocycles. The molecule has 2 aliphatic heterocycles. The molecule has 200 valence electrons. The van der Waals surface area contributed by atoms with Crippen LogP contribution in [0.15, 0.2) is 60.7 Å². The number of fused-ring (bicyclic) bond motifs is 1. The second-order valence-corrected chi connectivity index (χ2v) is 19.1. The number of carbonyl (C=O) groups is 2. The smallest absolute Gasteiger partial charge is 0.331 e. The molecule has 2 aliphatic rings. The fourth-order valence-electron chi connectivity index (χ4n) is 5.09. The van der Waals surface area contributed by atoms with E-state index >= 15 is 0 Å². The van der Waals surface area contributed by atoms with Gasteiger partial charge in [0.15, 0.2) is 14.4 Å². The minimum Gasteiger partial charge on any atom is -0.451 e. The second kappa shape index (κ2) is 9.78. The average molecular weight is 542 g/mol. The first-order valence-electron chi connectivity index (χ1n) is 12.9. The Morgan fingerprint density at radius 1 is 1.00 bits per heavy atom. The molecule has 2 aromatic rings. The van der Waals surface area contributed by atoms with Crippen molar-refractivity contribution >= 4 is 31.0 Å². The van der Waals surface area contributed by atoms with Gasteiger partial charge in [0.25, 0.3) is 0 Å². The van der Waals surface area contributed by atoms with Crippen LogP contribution in [0.5, 0.6) is 0 Å². The molecule has 0 aromatic heterocycles. The molecule has 6 nitrogen and oxygen atoms in total. The number of benzene rings is 2. The van der Waals surface area contributed by atoms with Gasteiger partial charge in [-0.3, -0.25) is 9.00 Å². The first kappa shape index (κ1) is 27.7. The molecule has 0 N–H and O–H groups in total. The van der Waals surface area contributed by atoms with Crippen molar-refractivity contribution < 1.29 is 23.0 Å². The predicted molar refractivity (Wildman–Crippen MR) is 149 cm³/mol. The van der Waals surface area contributed by atoms with Crippen molar-refractivity contribution in [2.75, 3.05) is 0 Å². The van der Waals surface area contributed by atoms with Crippen molar-refractivity contribution in [3.8, 4) is 0 Å². The maximum absolute atomic E-state index is 13.8. The Labute approximate surface area is 224 Å². The van der Waals surface area contributed by atoms with Crippen LogP contribution in [-0.2, 0) is 29.6 Å². The minimum absolute atomic E-state index is 0.0158. The molecule has 37 heavy (non-hydrogen) atoms. The lowest BCUT2D eigenvalue weighted by Gasteiger charge is -2.48. The highest BCUT2D eigenvalue weighted by Crippen LogP contribution is 2.49. The van der Waals surface area contributed by atoms with Crippen LogP contribution < -0.4 is 0 Å². The fraction of sp³-hybridized carbons (Fsp3) is 0.517. The molecule has 2 heterocycles. The van der Waals surface area contributed by atoms with Gasteiger partial charge in [-0.1, -0.05) is 81.4 Å². The van der Waals surface area contributed by atoms with E-state index in [2.05, 4.69) is 33.9 Å². The standard InChI is InChI=1S/C29H39NO5SSi/c1-19(35-37(7,8)28(2,3)4)22-25(31)30-24(29(5,6)36(33)26(22)30)27(32)34-23(20-15-11-9-12-16-20)21-17-13-10-14-18-21/h9-19,22-24,26H,1-8H3/t19-,22+,24+,26-,36-/m1/s1. The molecule has 5 atom stereocenters. The summed E-state index contributed by atoms with van der Waals surface area (Å²) in [5.74, 6) is -1.26. The summed E-state index contributed by atoms with van der Waals surface area (Å²) < 4.78 is 25.4. The van der Waals surface area contributed by atoms with Crippen LogP contribution in [0.3, 0.4) is 0 Å². The second-order valence-electron chi connectivity index (χ2n) is 12.2. The zero-order valence-electron chi connectivity index (χ0n) is 23.1. The van der Waals surface area contributed by atoms with E-state index in [-0.39, 0.29) is 17.0 Å². The Morgan fingerprint density at radius 3 is 1.95 bits per heavy atom. The van der Waals surface area contributed by atoms with Gasteiger partial charge < -0.3 is 14.1 Å². The normalized spacial score (nSPS) is 26.0. The Hall–Kier alpha value is -2.29. The van der Waals surface area contributed by atoms with Gasteiger partial charge in [0.1, 0.15) is 11.4 Å². The first-order valence-corrected chi connectivity index (χ1v) is 17.0. The van der Waals surface area contributed by atoms with Gasteiger partial charge >= 0.3 is 5.97 Å². The highest BCUT2D eigenvalue weighted by Gasteiger charge is 2.69. The molecule has 2 aromatic carbocycles. The molecule has 2 fully saturated rings. The topological polar surface area (TPSA) is 72.9 Å². The summed E-state index contributed by atoms with van der Waals surface area (Å²) in [4.78, 5) is 28.8. The zero-order valence-corrected chi connectivity index (χ0v) is 24.9. The van der Waals surface area contributed by atoms with E-state index in [1.54, 1.807) is 13.8 Å². The van der Waals surface area contributed by atoms with Gasteiger partial charge in [-0.15, -0.1) is 0 Å². The van der Waals surface area contributed by atoms with Crippen molar-refractivity contribution in [2.24, 2.45) is 5.92 Å². The van der Waals surface area contributed by atoms with E-state index in [1.807, 2.05) is 67.6 Å². The SMILES string of the molecule is C[C@@H](O[Si](C)(C)C(C)(C)C)[C@H]1C(=O)N2[C@@H]1[S@@](=O)C(C)(C)[C@@H]2C(=O)OC(c1ccccc1)c1ccccc1. The molecule has 0 bridgehead atoms. The molecule has 4 rings (SSSR count). The highest BCUT2D eigenvalue weighted by atomic mass is 32.2. The van der Waals surface area contributed by atoms with Crippen molar-refractivity contribution in [1.29, 1.82) is 0 Å². The summed E-state index contributed by atoms with van der Waals surface area (Å²) in [6.07, 6.45) is -1.02. The number of hydrogen-bond donors (Lipinski definition) is 0. The van der Waals surface area contributed by atoms with Crippen molar-refractivity contribution in [3.05, 3.63) is 71.8 Å². The fourth-order valence-corrected chi connectivity index (χ4v) is 8.60. The molecule has 0 unspecified atom stereocenters. The minimum atomic E-state index is -2.14. The largest absolute Gasteiger partial charge is 0.451 e. The van der Waals surface area contributed by atoms with Crippen LogP contribution in [-0.4, -0.2) is 51.6 Å². The number of hydrogen-bond acceptors (Lipinski definition) is 5. The summed E-state index contributed by atoms with van der Waals surface area (Å²) in [6, 6.07) is 18.1. The monoisotopic (exact) mass is 541 g/mol. The van der Waals surface area contributed by atoms with Crippen molar-refractivity contribution in [3.63, 3.8) is 0 Å². The maximum atomic E-state index is 13.8. The predicted octanol–water partition coefficient (Wildman–Crippen LogP) is 5.42. The molecular weight excluding hydrogens is 502 g/mol. The molecule has 1 amide bonds. The van der Waals surface area contributed by atoms with Gasteiger partial charge in [0, 0.05) is 0 Å².